The monoisotopic (exact) mass is 600 g/mol. The summed E-state index contributed by atoms with van der Waals surface area (Å²) >= 11 is 0. The SMILES string of the molecule is CCO[C@@H](CCO[Si](C(C)C)(C(C)C)C(C)C)c1ccc(OCc2ccc(F)c(B3OC(C)(C)C(C)(C)O3)c2C)cc1. The summed E-state index contributed by atoms with van der Waals surface area (Å²) in [5.41, 5.74) is 3.79. The molecule has 8 heteroatoms. The van der Waals surface area contributed by atoms with E-state index in [2.05, 4.69) is 53.7 Å². The van der Waals surface area contributed by atoms with Gasteiger partial charge in [-0.15, -0.1) is 0 Å². The van der Waals surface area contributed by atoms with Gasteiger partial charge in [0.05, 0.1) is 17.3 Å². The second-order valence-corrected chi connectivity index (χ2v) is 19.0. The number of ether oxygens (including phenoxy) is 2. The van der Waals surface area contributed by atoms with Crippen molar-refractivity contribution in [3.05, 3.63) is 58.9 Å². The number of halogens is 1. The molecule has 0 amide bonds. The molecule has 2 aromatic rings. The summed E-state index contributed by atoms with van der Waals surface area (Å²) in [6.07, 6.45) is 0.773. The van der Waals surface area contributed by atoms with Crippen LogP contribution in [0.2, 0.25) is 16.6 Å². The van der Waals surface area contributed by atoms with Crippen molar-refractivity contribution < 1.29 is 27.6 Å². The Morgan fingerprint density at radius 2 is 1.40 bits per heavy atom. The lowest BCUT2D eigenvalue weighted by Crippen LogP contribution is -2.48. The molecule has 1 fully saturated rings. The minimum absolute atomic E-state index is 0.0379. The molecule has 0 unspecified atom stereocenters. The predicted octanol–water partition coefficient (Wildman–Crippen LogP) is 8.67. The first-order valence-electron chi connectivity index (χ1n) is 15.7. The van der Waals surface area contributed by atoms with Gasteiger partial charge in [-0.3, -0.25) is 0 Å². The number of hydrogen-bond donors (Lipinski definition) is 0. The zero-order valence-electron chi connectivity index (χ0n) is 28.1. The van der Waals surface area contributed by atoms with E-state index in [0.29, 0.717) is 41.9 Å². The van der Waals surface area contributed by atoms with E-state index in [1.165, 1.54) is 6.07 Å². The van der Waals surface area contributed by atoms with Gasteiger partial charge in [-0.05, 0) is 99.5 Å². The molecule has 1 atom stereocenters. The smallest absolute Gasteiger partial charge is 0.489 e. The normalized spacial score (nSPS) is 17.5. The Hall–Kier alpha value is -1.71. The quantitative estimate of drug-likeness (QED) is 0.203. The molecule has 5 nitrogen and oxygen atoms in total. The highest BCUT2D eigenvalue weighted by Crippen LogP contribution is 2.42. The lowest BCUT2D eigenvalue weighted by molar-refractivity contribution is 0.00578. The molecule has 0 aliphatic carbocycles. The van der Waals surface area contributed by atoms with Gasteiger partial charge in [0, 0.05) is 18.7 Å². The summed E-state index contributed by atoms with van der Waals surface area (Å²) in [5.74, 6) is 0.414. The van der Waals surface area contributed by atoms with E-state index in [4.69, 9.17) is 23.2 Å². The molecule has 0 radical (unpaired) electrons. The number of benzene rings is 2. The topological polar surface area (TPSA) is 46.2 Å². The van der Waals surface area contributed by atoms with Crippen molar-refractivity contribution in [1.82, 2.24) is 0 Å². The Labute approximate surface area is 256 Å². The Balaban J connectivity index is 1.68. The second kappa shape index (κ2) is 13.9. The van der Waals surface area contributed by atoms with Crippen molar-refractivity contribution in [2.75, 3.05) is 13.2 Å². The van der Waals surface area contributed by atoms with E-state index in [-0.39, 0.29) is 11.9 Å². The van der Waals surface area contributed by atoms with Crippen LogP contribution in [0.3, 0.4) is 0 Å². The lowest BCUT2D eigenvalue weighted by Gasteiger charge is -2.42. The van der Waals surface area contributed by atoms with E-state index in [1.54, 1.807) is 6.07 Å². The minimum atomic E-state index is -1.92. The molecule has 2 aromatic carbocycles. The van der Waals surface area contributed by atoms with Gasteiger partial charge in [-0.2, -0.15) is 0 Å². The average Bonchev–Trinajstić information content (AvgIpc) is 3.11. The Bertz CT molecular complexity index is 1130. The Morgan fingerprint density at radius 1 is 0.857 bits per heavy atom. The third-order valence-corrected chi connectivity index (χ3v) is 15.6. The highest BCUT2D eigenvalue weighted by atomic mass is 28.4. The summed E-state index contributed by atoms with van der Waals surface area (Å²) in [4.78, 5) is 0. The fourth-order valence-electron chi connectivity index (χ4n) is 6.48. The minimum Gasteiger partial charge on any atom is -0.489 e. The maximum Gasteiger partial charge on any atom is 0.498 e. The highest BCUT2D eigenvalue weighted by molar-refractivity contribution is 6.77. The van der Waals surface area contributed by atoms with Crippen LogP contribution in [0, 0.1) is 12.7 Å². The molecule has 0 N–H and O–H groups in total. The zero-order valence-corrected chi connectivity index (χ0v) is 29.1. The van der Waals surface area contributed by atoms with Crippen LogP contribution in [0.15, 0.2) is 36.4 Å². The molecule has 0 spiro atoms. The summed E-state index contributed by atoms with van der Waals surface area (Å²) < 4.78 is 46.4. The van der Waals surface area contributed by atoms with Crippen LogP contribution in [-0.2, 0) is 25.1 Å². The van der Waals surface area contributed by atoms with E-state index in [1.807, 2.05) is 53.7 Å². The molecule has 42 heavy (non-hydrogen) atoms. The van der Waals surface area contributed by atoms with Crippen LogP contribution in [-0.4, -0.2) is 39.9 Å². The molecule has 1 heterocycles. The van der Waals surface area contributed by atoms with E-state index in [9.17, 15) is 4.39 Å². The molecule has 0 saturated carbocycles. The summed E-state index contributed by atoms with van der Waals surface area (Å²) in [6.45, 7) is 27.4. The van der Waals surface area contributed by atoms with Crippen molar-refractivity contribution in [2.24, 2.45) is 0 Å². The predicted molar refractivity (Wildman–Crippen MR) is 174 cm³/mol. The van der Waals surface area contributed by atoms with Crippen molar-refractivity contribution in [3.8, 4) is 5.75 Å². The van der Waals surface area contributed by atoms with Gasteiger partial charge in [-0.1, -0.05) is 59.7 Å². The molecular weight excluding hydrogens is 546 g/mol. The van der Waals surface area contributed by atoms with Crippen LogP contribution in [0.25, 0.3) is 0 Å². The fraction of sp³-hybridized carbons (Fsp3) is 0.647. The first kappa shape index (κ1) is 34.8. The summed E-state index contributed by atoms with van der Waals surface area (Å²) in [7, 11) is -2.68. The molecule has 0 bridgehead atoms. The van der Waals surface area contributed by atoms with Gasteiger partial charge in [0.2, 0.25) is 0 Å². The maximum atomic E-state index is 15.0. The number of hydrogen-bond acceptors (Lipinski definition) is 5. The zero-order chi connectivity index (χ0) is 31.5. The van der Waals surface area contributed by atoms with Gasteiger partial charge < -0.3 is 23.2 Å². The molecule has 234 valence electrons. The van der Waals surface area contributed by atoms with E-state index >= 15 is 0 Å². The van der Waals surface area contributed by atoms with Crippen molar-refractivity contribution in [2.45, 2.75) is 130 Å². The largest absolute Gasteiger partial charge is 0.498 e. The maximum absolute atomic E-state index is 15.0. The second-order valence-electron chi connectivity index (χ2n) is 13.6. The van der Waals surface area contributed by atoms with Crippen LogP contribution in [0.1, 0.15) is 105 Å². The van der Waals surface area contributed by atoms with Gasteiger partial charge in [-0.25, -0.2) is 4.39 Å². The van der Waals surface area contributed by atoms with Gasteiger partial charge in [0.1, 0.15) is 18.2 Å². The van der Waals surface area contributed by atoms with E-state index < -0.39 is 26.6 Å². The van der Waals surface area contributed by atoms with Crippen molar-refractivity contribution in [1.29, 1.82) is 0 Å². The van der Waals surface area contributed by atoms with Crippen molar-refractivity contribution >= 4 is 20.9 Å². The fourth-order valence-corrected chi connectivity index (χ4v) is 11.9. The number of rotatable bonds is 14. The molecule has 3 rings (SSSR count). The average molecular weight is 601 g/mol. The first-order valence-corrected chi connectivity index (χ1v) is 17.8. The van der Waals surface area contributed by atoms with Gasteiger partial charge >= 0.3 is 7.12 Å². The van der Waals surface area contributed by atoms with Crippen LogP contribution in [0.4, 0.5) is 4.39 Å². The van der Waals surface area contributed by atoms with Gasteiger partial charge in [0.15, 0.2) is 8.32 Å². The first-order chi connectivity index (χ1) is 19.6. The van der Waals surface area contributed by atoms with Gasteiger partial charge in [0.25, 0.3) is 0 Å². The molecule has 1 saturated heterocycles. The Kier molecular flexibility index (Phi) is 11.5. The van der Waals surface area contributed by atoms with Crippen molar-refractivity contribution in [3.63, 3.8) is 0 Å². The molecule has 1 aliphatic rings. The summed E-state index contributed by atoms with van der Waals surface area (Å²) in [6, 6.07) is 11.3. The van der Waals surface area contributed by atoms with E-state index in [0.717, 1.165) is 28.9 Å². The summed E-state index contributed by atoms with van der Waals surface area (Å²) in [5, 5.41) is 0. The van der Waals surface area contributed by atoms with Crippen LogP contribution < -0.4 is 10.2 Å². The van der Waals surface area contributed by atoms with Crippen LogP contribution in [0.5, 0.6) is 5.75 Å². The molecule has 0 aromatic heterocycles. The molecule has 1 aliphatic heterocycles. The third kappa shape index (κ3) is 7.32. The van der Waals surface area contributed by atoms with Crippen LogP contribution >= 0.6 is 0 Å². The third-order valence-electron chi connectivity index (χ3n) is 9.52. The Morgan fingerprint density at radius 3 is 1.90 bits per heavy atom. The lowest BCUT2D eigenvalue weighted by atomic mass is 9.74. The highest BCUT2D eigenvalue weighted by Gasteiger charge is 2.53. The standard InChI is InChI=1S/C34H54BFO5Si/c1-13-37-31(20-21-39-42(23(2)3,24(4)5)25(6)7)27-14-17-29(18-15-27)38-22-28-16-19-30(36)32(26(28)8)35-40-33(9,10)34(11,12)41-35/h14-19,23-25,31H,13,20-22H2,1-12H3/t31-/m0/s1. The molecular formula is C34H54BFO5Si.